The first-order chi connectivity index (χ1) is 12.1. The topological polar surface area (TPSA) is 35.6 Å². The summed E-state index contributed by atoms with van der Waals surface area (Å²) in [7, 11) is 0. The molecule has 0 bridgehead atoms. The van der Waals surface area contributed by atoms with Crippen LogP contribution in [0.4, 0.5) is 4.79 Å². The van der Waals surface area contributed by atoms with Crippen molar-refractivity contribution in [3.05, 3.63) is 71.8 Å². The van der Waals surface area contributed by atoms with Crippen LogP contribution >= 0.6 is 0 Å². The van der Waals surface area contributed by atoms with Crippen molar-refractivity contribution in [2.24, 2.45) is 0 Å². The third-order valence-corrected chi connectivity index (χ3v) is 5.07. The number of rotatable bonds is 4. The van der Waals surface area contributed by atoms with Crippen LogP contribution in [0.15, 0.2) is 60.7 Å². The van der Waals surface area contributed by atoms with Gasteiger partial charge in [-0.1, -0.05) is 60.7 Å². The van der Waals surface area contributed by atoms with E-state index in [2.05, 4.69) is 41.4 Å². The number of hydrogen-bond acceptors (Lipinski definition) is 2. The molecule has 1 aliphatic heterocycles. The maximum absolute atomic E-state index is 12.5. The van der Waals surface area contributed by atoms with E-state index in [4.69, 9.17) is 0 Å². The Morgan fingerprint density at radius 2 is 1.36 bits per heavy atom. The second-order valence-corrected chi connectivity index (χ2v) is 6.69. The van der Waals surface area contributed by atoms with Gasteiger partial charge in [0.2, 0.25) is 0 Å². The first-order valence-electron chi connectivity index (χ1n) is 9.04. The van der Waals surface area contributed by atoms with Crippen molar-refractivity contribution >= 4 is 6.03 Å². The van der Waals surface area contributed by atoms with Crippen molar-refractivity contribution in [2.45, 2.75) is 25.9 Å². The van der Waals surface area contributed by atoms with Crippen molar-refractivity contribution in [2.75, 3.05) is 26.2 Å². The number of nitrogens with one attached hydrogen (secondary N) is 1. The Balaban J connectivity index is 1.51. The van der Waals surface area contributed by atoms with Crippen LogP contribution in [-0.4, -0.2) is 42.0 Å². The Kier molecular flexibility index (Phi) is 5.71. The standard InChI is InChI=1S/C21H27N3O/c1-17(19-9-5-3-6-10-19)22-21(25)24-15-13-23(14-16-24)18(2)20-11-7-4-8-12-20/h3-12,17-18H,13-16H2,1-2H3,(H,22,25). The van der Waals surface area contributed by atoms with Gasteiger partial charge in [0.05, 0.1) is 6.04 Å². The summed E-state index contributed by atoms with van der Waals surface area (Å²) in [5, 5.41) is 3.11. The van der Waals surface area contributed by atoms with E-state index in [1.807, 2.05) is 48.2 Å². The highest BCUT2D eigenvalue weighted by atomic mass is 16.2. The average Bonchev–Trinajstić information content (AvgIpc) is 2.69. The van der Waals surface area contributed by atoms with Crippen molar-refractivity contribution in [1.82, 2.24) is 15.1 Å². The van der Waals surface area contributed by atoms with Gasteiger partial charge in [0.25, 0.3) is 0 Å². The predicted molar refractivity (Wildman–Crippen MR) is 101 cm³/mol. The third-order valence-electron chi connectivity index (χ3n) is 5.07. The molecule has 2 amide bonds. The average molecular weight is 337 g/mol. The van der Waals surface area contributed by atoms with Crippen LogP contribution in [0, 0.1) is 0 Å². The predicted octanol–water partition coefficient (Wildman–Crippen LogP) is 3.84. The number of hydrogen-bond donors (Lipinski definition) is 1. The molecule has 0 aromatic heterocycles. The molecule has 1 heterocycles. The number of carbonyl (C=O) groups excluding carboxylic acids is 1. The Morgan fingerprint density at radius 3 is 1.92 bits per heavy atom. The fourth-order valence-corrected chi connectivity index (χ4v) is 3.36. The SMILES string of the molecule is CC(NC(=O)N1CCN(C(C)c2ccccc2)CC1)c1ccccc1. The molecule has 4 heteroatoms. The Morgan fingerprint density at radius 1 is 0.840 bits per heavy atom. The molecule has 2 aromatic carbocycles. The maximum Gasteiger partial charge on any atom is 0.317 e. The zero-order valence-corrected chi connectivity index (χ0v) is 15.1. The molecule has 4 nitrogen and oxygen atoms in total. The maximum atomic E-state index is 12.5. The Hall–Kier alpha value is -2.33. The molecule has 1 fully saturated rings. The smallest absolute Gasteiger partial charge is 0.317 e. The zero-order chi connectivity index (χ0) is 17.6. The molecule has 25 heavy (non-hydrogen) atoms. The van der Waals surface area contributed by atoms with Gasteiger partial charge in [-0.15, -0.1) is 0 Å². The van der Waals surface area contributed by atoms with Crippen LogP contribution in [-0.2, 0) is 0 Å². The second kappa shape index (κ2) is 8.17. The van der Waals surface area contributed by atoms with E-state index in [0.717, 1.165) is 31.7 Å². The lowest BCUT2D eigenvalue weighted by Crippen LogP contribution is -2.52. The summed E-state index contributed by atoms with van der Waals surface area (Å²) in [6.45, 7) is 7.62. The zero-order valence-electron chi connectivity index (χ0n) is 15.1. The summed E-state index contributed by atoms with van der Waals surface area (Å²) >= 11 is 0. The molecular weight excluding hydrogens is 310 g/mol. The second-order valence-electron chi connectivity index (χ2n) is 6.69. The summed E-state index contributed by atoms with van der Waals surface area (Å²) in [5.74, 6) is 0. The molecule has 1 N–H and O–H groups in total. The molecule has 132 valence electrons. The number of piperazine rings is 1. The van der Waals surface area contributed by atoms with Gasteiger partial charge in [-0.2, -0.15) is 0 Å². The minimum Gasteiger partial charge on any atom is -0.331 e. The van der Waals surface area contributed by atoms with Gasteiger partial charge >= 0.3 is 6.03 Å². The number of carbonyl (C=O) groups is 1. The molecule has 0 radical (unpaired) electrons. The highest BCUT2D eigenvalue weighted by Crippen LogP contribution is 2.21. The van der Waals surface area contributed by atoms with E-state index in [1.165, 1.54) is 5.56 Å². The van der Waals surface area contributed by atoms with Gasteiger partial charge in [-0.05, 0) is 25.0 Å². The van der Waals surface area contributed by atoms with Crippen LogP contribution < -0.4 is 5.32 Å². The van der Waals surface area contributed by atoms with Gasteiger partial charge in [0, 0.05) is 32.2 Å². The summed E-state index contributed by atoms with van der Waals surface area (Å²) in [4.78, 5) is 16.9. The Labute approximate surface area is 150 Å². The fraction of sp³-hybridized carbons (Fsp3) is 0.381. The normalized spacial score (nSPS) is 17.8. The lowest BCUT2D eigenvalue weighted by molar-refractivity contribution is 0.113. The van der Waals surface area contributed by atoms with Crippen LogP contribution in [0.3, 0.4) is 0 Å². The number of benzene rings is 2. The summed E-state index contributed by atoms with van der Waals surface area (Å²) in [5.41, 5.74) is 2.46. The monoisotopic (exact) mass is 337 g/mol. The highest BCUT2D eigenvalue weighted by molar-refractivity contribution is 5.74. The van der Waals surface area contributed by atoms with Crippen LogP contribution in [0.5, 0.6) is 0 Å². The van der Waals surface area contributed by atoms with Gasteiger partial charge in [-0.25, -0.2) is 4.79 Å². The van der Waals surface area contributed by atoms with E-state index in [1.54, 1.807) is 0 Å². The van der Waals surface area contributed by atoms with E-state index < -0.39 is 0 Å². The molecule has 3 rings (SSSR count). The highest BCUT2D eigenvalue weighted by Gasteiger charge is 2.25. The molecule has 0 saturated carbocycles. The molecule has 2 unspecified atom stereocenters. The van der Waals surface area contributed by atoms with Crippen LogP contribution in [0.25, 0.3) is 0 Å². The summed E-state index contributed by atoms with van der Waals surface area (Å²) < 4.78 is 0. The Bertz CT molecular complexity index is 666. The van der Waals surface area contributed by atoms with Gasteiger partial charge < -0.3 is 10.2 Å². The number of nitrogens with zero attached hydrogens (tertiary/aromatic N) is 2. The fourth-order valence-electron chi connectivity index (χ4n) is 3.36. The van der Waals surface area contributed by atoms with Crippen LogP contribution in [0.1, 0.15) is 37.1 Å². The van der Waals surface area contributed by atoms with E-state index in [-0.39, 0.29) is 12.1 Å². The summed E-state index contributed by atoms with van der Waals surface area (Å²) in [6.07, 6.45) is 0. The van der Waals surface area contributed by atoms with Gasteiger partial charge in [0.1, 0.15) is 0 Å². The van der Waals surface area contributed by atoms with Crippen molar-refractivity contribution in [3.8, 4) is 0 Å². The minimum atomic E-state index is 0.0231. The van der Waals surface area contributed by atoms with Crippen molar-refractivity contribution in [3.63, 3.8) is 0 Å². The quantitative estimate of drug-likeness (QED) is 0.920. The van der Waals surface area contributed by atoms with Crippen LogP contribution in [0.2, 0.25) is 0 Å². The first kappa shape index (κ1) is 17.5. The molecule has 1 saturated heterocycles. The molecule has 0 aliphatic carbocycles. The van der Waals surface area contributed by atoms with Crippen molar-refractivity contribution < 1.29 is 4.79 Å². The van der Waals surface area contributed by atoms with E-state index in [9.17, 15) is 4.79 Å². The first-order valence-corrected chi connectivity index (χ1v) is 9.04. The van der Waals surface area contributed by atoms with E-state index >= 15 is 0 Å². The minimum absolute atomic E-state index is 0.0231. The summed E-state index contributed by atoms with van der Waals surface area (Å²) in [6, 6.07) is 21.1. The molecule has 1 aliphatic rings. The lowest BCUT2D eigenvalue weighted by atomic mass is 10.1. The molecule has 0 spiro atoms. The van der Waals surface area contributed by atoms with Gasteiger partial charge in [0.15, 0.2) is 0 Å². The molecule has 2 aromatic rings. The van der Waals surface area contributed by atoms with Gasteiger partial charge in [-0.3, -0.25) is 4.90 Å². The largest absolute Gasteiger partial charge is 0.331 e. The molecular formula is C21H27N3O. The molecule has 2 atom stereocenters. The van der Waals surface area contributed by atoms with E-state index in [0.29, 0.717) is 6.04 Å². The van der Waals surface area contributed by atoms with Crippen molar-refractivity contribution in [1.29, 1.82) is 0 Å². The third kappa shape index (κ3) is 4.40. The number of urea groups is 1. The number of amides is 2. The lowest BCUT2D eigenvalue weighted by Gasteiger charge is -2.38.